The maximum atomic E-state index is 12.5. The van der Waals surface area contributed by atoms with E-state index in [1.165, 1.54) is 0 Å². The summed E-state index contributed by atoms with van der Waals surface area (Å²) in [6.45, 7) is 6.08. The Morgan fingerprint density at radius 3 is 2.23 bits per heavy atom. The molecule has 4 rings (SSSR count). The van der Waals surface area contributed by atoms with E-state index in [4.69, 9.17) is 16.0 Å². The molecule has 2 aromatic carbocycles. The van der Waals surface area contributed by atoms with Gasteiger partial charge in [-0.3, -0.25) is 19.4 Å². The molecular formula is C27H31ClN4O3. The minimum absolute atomic E-state index is 0.00601. The number of benzene rings is 2. The summed E-state index contributed by atoms with van der Waals surface area (Å²) in [6.07, 6.45) is 0.876. The number of rotatable bonds is 9. The van der Waals surface area contributed by atoms with Gasteiger partial charge in [-0.2, -0.15) is 0 Å². The van der Waals surface area contributed by atoms with Gasteiger partial charge in [-0.15, -0.1) is 0 Å². The normalized spacial score (nSPS) is 14.6. The topological polar surface area (TPSA) is 77.8 Å². The van der Waals surface area contributed by atoms with Gasteiger partial charge in [-0.05, 0) is 54.4 Å². The fourth-order valence-electron chi connectivity index (χ4n) is 4.14. The average molecular weight is 495 g/mol. The van der Waals surface area contributed by atoms with Crippen LogP contribution in [0.25, 0.3) is 11.3 Å². The first-order chi connectivity index (χ1) is 17.0. The number of anilines is 1. The summed E-state index contributed by atoms with van der Waals surface area (Å²) in [7, 11) is 0. The molecule has 2 heterocycles. The standard InChI is InChI=1S/C27H31ClN4O3/c1-2-20-5-3-4-6-24(20)30-27(34)19-32-15-13-31(14-16-32)18-26(33)29-17-23-11-12-25(35-23)21-7-9-22(28)10-8-21/h3-12H,2,13-19H2,1H3,(H,29,33)(H,30,34). The molecule has 8 heteroatoms. The van der Waals surface area contributed by atoms with E-state index in [1.807, 2.05) is 60.7 Å². The average Bonchev–Trinajstić information content (AvgIpc) is 3.34. The lowest BCUT2D eigenvalue weighted by Crippen LogP contribution is -2.50. The molecule has 2 amide bonds. The molecule has 2 N–H and O–H groups in total. The van der Waals surface area contributed by atoms with Crippen molar-refractivity contribution >= 4 is 29.1 Å². The number of piperazine rings is 1. The molecule has 1 saturated heterocycles. The molecule has 0 atom stereocenters. The van der Waals surface area contributed by atoms with E-state index in [0.29, 0.717) is 30.4 Å². The van der Waals surface area contributed by atoms with Gasteiger partial charge in [-0.25, -0.2) is 0 Å². The van der Waals surface area contributed by atoms with E-state index in [-0.39, 0.29) is 11.8 Å². The van der Waals surface area contributed by atoms with Crippen molar-refractivity contribution in [3.8, 4) is 11.3 Å². The van der Waals surface area contributed by atoms with Crippen molar-refractivity contribution in [1.29, 1.82) is 0 Å². The van der Waals surface area contributed by atoms with Crippen LogP contribution < -0.4 is 10.6 Å². The smallest absolute Gasteiger partial charge is 0.238 e. The van der Waals surface area contributed by atoms with Crippen molar-refractivity contribution in [2.75, 3.05) is 44.6 Å². The van der Waals surface area contributed by atoms with Gasteiger partial charge >= 0.3 is 0 Å². The number of hydrogen-bond acceptors (Lipinski definition) is 5. The fraction of sp³-hybridized carbons (Fsp3) is 0.333. The van der Waals surface area contributed by atoms with Crippen LogP contribution in [0.2, 0.25) is 5.02 Å². The predicted molar refractivity (Wildman–Crippen MR) is 138 cm³/mol. The first kappa shape index (κ1) is 25.0. The summed E-state index contributed by atoms with van der Waals surface area (Å²) in [5, 5.41) is 6.63. The zero-order valence-corrected chi connectivity index (χ0v) is 20.7. The highest BCUT2D eigenvalue weighted by molar-refractivity contribution is 6.30. The number of furan rings is 1. The molecule has 1 aliphatic rings. The Kier molecular flexibility index (Phi) is 8.58. The van der Waals surface area contributed by atoms with Crippen LogP contribution in [0.15, 0.2) is 65.1 Å². The molecule has 0 saturated carbocycles. The number of hydrogen-bond donors (Lipinski definition) is 2. The third-order valence-electron chi connectivity index (χ3n) is 6.12. The van der Waals surface area contributed by atoms with Gasteiger partial charge in [0.1, 0.15) is 11.5 Å². The second-order valence-electron chi connectivity index (χ2n) is 8.66. The van der Waals surface area contributed by atoms with Gasteiger partial charge in [0.25, 0.3) is 0 Å². The number of nitrogens with zero attached hydrogens (tertiary/aromatic N) is 2. The molecule has 1 aliphatic heterocycles. The van der Waals surface area contributed by atoms with Crippen LogP contribution in [-0.4, -0.2) is 60.9 Å². The Bertz CT molecular complexity index is 1140. The third-order valence-corrected chi connectivity index (χ3v) is 6.37. The number of nitrogens with one attached hydrogen (secondary N) is 2. The van der Waals surface area contributed by atoms with Crippen LogP contribution in [0.4, 0.5) is 5.69 Å². The fourth-order valence-corrected chi connectivity index (χ4v) is 4.26. The summed E-state index contributed by atoms with van der Waals surface area (Å²) in [5.74, 6) is 1.39. The Hall–Kier alpha value is -3.13. The van der Waals surface area contributed by atoms with Gasteiger partial charge in [0, 0.05) is 42.5 Å². The zero-order valence-electron chi connectivity index (χ0n) is 19.9. The molecule has 35 heavy (non-hydrogen) atoms. The Morgan fingerprint density at radius 2 is 1.54 bits per heavy atom. The number of para-hydroxylation sites is 1. The minimum Gasteiger partial charge on any atom is -0.459 e. The van der Waals surface area contributed by atoms with E-state index < -0.39 is 0 Å². The highest BCUT2D eigenvalue weighted by Crippen LogP contribution is 2.23. The lowest BCUT2D eigenvalue weighted by molar-refractivity contribution is -0.123. The van der Waals surface area contributed by atoms with Crippen molar-refractivity contribution < 1.29 is 14.0 Å². The van der Waals surface area contributed by atoms with Gasteiger partial charge < -0.3 is 15.1 Å². The molecule has 184 valence electrons. The van der Waals surface area contributed by atoms with Crippen molar-refractivity contribution in [2.24, 2.45) is 0 Å². The second-order valence-corrected chi connectivity index (χ2v) is 9.10. The Labute approximate surface area is 211 Å². The van der Waals surface area contributed by atoms with Gasteiger partial charge in [0.2, 0.25) is 11.8 Å². The molecule has 7 nitrogen and oxygen atoms in total. The quantitative estimate of drug-likeness (QED) is 0.469. The van der Waals surface area contributed by atoms with E-state index in [1.54, 1.807) is 0 Å². The largest absolute Gasteiger partial charge is 0.459 e. The highest BCUT2D eigenvalue weighted by Gasteiger charge is 2.21. The van der Waals surface area contributed by atoms with Crippen molar-refractivity contribution in [3.63, 3.8) is 0 Å². The van der Waals surface area contributed by atoms with Crippen LogP contribution in [-0.2, 0) is 22.6 Å². The molecule has 0 radical (unpaired) electrons. The van der Waals surface area contributed by atoms with E-state index in [0.717, 1.165) is 55.2 Å². The van der Waals surface area contributed by atoms with E-state index >= 15 is 0 Å². The monoisotopic (exact) mass is 494 g/mol. The molecule has 0 unspecified atom stereocenters. The summed E-state index contributed by atoms with van der Waals surface area (Å²) >= 11 is 5.94. The van der Waals surface area contributed by atoms with Gasteiger partial charge in [0.05, 0.1) is 19.6 Å². The van der Waals surface area contributed by atoms with Crippen LogP contribution in [0.5, 0.6) is 0 Å². The molecule has 3 aromatic rings. The number of aryl methyl sites for hydroxylation is 1. The minimum atomic E-state index is -0.0446. The summed E-state index contributed by atoms with van der Waals surface area (Å²) in [5.41, 5.74) is 2.95. The van der Waals surface area contributed by atoms with E-state index in [2.05, 4.69) is 27.4 Å². The van der Waals surface area contributed by atoms with Crippen LogP contribution >= 0.6 is 11.6 Å². The van der Waals surface area contributed by atoms with Crippen LogP contribution in [0, 0.1) is 0 Å². The lowest BCUT2D eigenvalue weighted by Gasteiger charge is -2.33. The van der Waals surface area contributed by atoms with Gasteiger partial charge in [0.15, 0.2) is 0 Å². The van der Waals surface area contributed by atoms with Crippen molar-refractivity contribution in [1.82, 2.24) is 15.1 Å². The van der Waals surface area contributed by atoms with Crippen LogP contribution in [0.1, 0.15) is 18.2 Å². The Morgan fingerprint density at radius 1 is 0.886 bits per heavy atom. The highest BCUT2D eigenvalue weighted by atomic mass is 35.5. The Balaban J connectivity index is 1.16. The number of halogens is 1. The lowest BCUT2D eigenvalue weighted by atomic mass is 10.1. The van der Waals surface area contributed by atoms with Gasteiger partial charge in [-0.1, -0.05) is 36.7 Å². The molecule has 0 spiro atoms. The molecule has 0 bridgehead atoms. The number of carbonyl (C=O) groups is 2. The van der Waals surface area contributed by atoms with Crippen molar-refractivity contribution in [2.45, 2.75) is 19.9 Å². The molecule has 1 fully saturated rings. The zero-order chi connectivity index (χ0) is 24.6. The SMILES string of the molecule is CCc1ccccc1NC(=O)CN1CCN(CC(=O)NCc2ccc(-c3ccc(Cl)cc3)o2)CC1. The second kappa shape index (κ2) is 12.0. The van der Waals surface area contributed by atoms with E-state index in [9.17, 15) is 9.59 Å². The maximum absolute atomic E-state index is 12.5. The predicted octanol–water partition coefficient (Wildman–Crippen LogP) is 4.03. The van der Waals surface area contributed by atoms with Crippen molar-refractivity contribution in [3.05, 3.63) is 77.0 Å². The molecular weight excluding hydrogens is 464 g/mol. The summed E-state index contributed by atoms with van der Waals surface area (Å²) < 4.78 is 5.84. The first-order valence-electron chi connectivity index (χ1n) is 11.9. The number of carbonyl (C=O) groups excluding carboxylic acids is 2. The summed E-state index contributed by atoms with van der Waals surface area (Å²) in [4.78, 5) is 29.2. The number of amides is 2. The summed E-state index contributed by atoms with van der Waals surface area (Å²) in [6, 6.07) is 19.1. The molecule has 1 aromatic heterocycles. The molecule has 0 aliphatic carbocycles. The third kappa shape index (κ3) is 7.18. The van der Waals surface area contributed by atoms with Crippen LogP contribution in [0.3, 0.4) is 0 Å². The first-order valence-corrected chi connectivity index (χ1v) is 12.3. The maximum Gasteiger partial charge on any atom is 0.238 e.